The summed E-state index contributed by atoms with van der Waals surface area (Å²) in [5.74, 6) is -0.141. The van der Waals surface area contributed by atoms with Crippen LogP contribution in [0.15, 0.2) is 45.8 Å². The van der Waals surface area contributed by atoms with Gasteiger partial charge in [0.25, 0.3) is 0 Å². The predicted octanol–water partition coefficient (Wildman–Crippen LogP) is 3.18. The number of fused-ring (bicyclic) bond motifs is 1. The molecule has 1 heterocycles. The lowest BCUT2D eigenvalue weighted by Crippen LogP contribution is -2.19. The number of anilines is 1. The topological polar surface area (TPSA) is 92.4 Å². The highest BCUT2D eigenvalue weighted by Gasteiger charge is 2.35. The van der Waals surface area contributed by atoms with Crippen molar-refractivity contribution in [3.05, 3.63) is 58.3 Å². The van der Waals surface area contributed by atoms with E-state index in [9.17, 15) is 14.7 Å². The van der Waals surface area contributed by atoms with Crippen LogP contribution in [0.3, 0.4) is 0 Å². The molecule has 1 aliphatic carbocycles. The number of rotatable bonds is 6. The Labute approximate surface area is 142 Å². The van der Waals surface area contributed by atoms with Crippen LogP contribution in [0.25, 0.3) is 0 Å². The molecule has 24 heavy (non-hydrogen) atoms. The third kappa shape index (κ3) is 3.13. The standard InChI is InChI=1S/C17H16N2O4S/c1-2-8-24-12-9-11(20)16-13(15(12)21)14(19-23-16)17(22)18-10-6-4-3-5-7-10/h3-7,9,17-18,22H,2,8H2,1H3. The Kier molecular flexibility index (Phi) is 4.82. The van der Waals surface area contributed by atoms with Crippen LogP contribution in [0.5, 0.6) is 0 Å². The van der Waals surface area contributed by atoms with Crippen molar-refractivity contribution >= 4 is 29.0 Å². The molecule has 0 bridgehead atoms. The number of aliphatic hydroxyl groups is 1. The second-order valence-electron chi connectivity index (χ2n) is 5.24. The molecule has 0 spiro atoms. The summed E-state index contributed by atoms with van der Waals surface area (Å²) < 4.78 is 5.01. The minimum atomic E-state index is -1.26. The molecule has 0 saturated heterocycles. The van der Waals surface area contributed by atoms with Crippen molar-refractivity contribution in [3.63, 3.8) is 0 Å². The van der Waals surface area contributed by atoms with E-state index >= 15 is 0 Å². The molecule has 6 nitrogen and oxygen atoms in total. The van der Waals surface area contributed by atoms with Crippen molar-refractivity contribution in [1.82, 2.24) is 5.16 Å². The van der Waals surface area contributed by atoms with Gasteiger partial charge in [0, 0.05) is 11.8 Å². The molecule has 2 aromatic rings. The van der Waals surface area contributed by atoms with Crippen LogP contribution in [-0.2, 0) is 0 Å². The van der Waals surface area contributed by atoms with Gasteiger partial charge in [-0.05, 0) is 24.3 Å². The average molecular weight is 344 g/mol. The summed E-state index contributed by atoms with van der Waals surface area (Å²) in [5.41, 5.74) is 0.722. The second kappa shape index (κ2) is 7.02. The van der Waals surface area contributed by atoms with Crippen molar-refractivity contribution in [1.29, 1.82) is 0 Å². The van der Waals surface area contributed by atoms with Gasteiger partial charge in [0.2, 0.25) is 17.3 Å². The van der Waals surface area contributed by atoms with Gasteiger partial charge < -0.3 is 14.9 Å². The summed E-state index contributed by atoms with van der Waals surface area (Å²) in [6, 6.07) is 9.00. The van der Waals surface area contributed by atoms with E-state index in [0.29, 0.717) is 10.6 Å². The van der Waals surface area contributed by atoms with Crippen LogP contribution >= 0.6 is 11.8 Å². The minimum Gasteiger partial charge on any atom is -0.368 e. The Morgan fingerprint density at radius 2 is 2.04 bits per heavy atom. The summed E-state index contributed by atoms with van der Waals surface area (Å²) in [6.07, 6.45) is 0.897. The maximum absolute atomic E-state index is 12.6. The predicted molar refractivity (Wildman–Crippen MR) is 91.0 cm³/mol. The molecule has 1 aromatic carbocycles. The lowest BCUT2D eigenvalue weighted by molar-refractivity contribution is 0.0967. The number of hydrogen-bond acceptors (Lipinski definition) is 7. The number of hydrogen-bond donors (Lipinski definition) is 2. The van der Waals surface area contributed by atoms with Crippen LogP contribution in [0, 0.1) is 0 Å². The lowest BCUT2D eigenvalue weighted by Gasteiger charge is -2.15. The summed E-state index contributed by atoms with van der Waals surface area (Å²) >= 11 is 1.32. The highest BCUT2D eigenvalue weighted by Crippen LogP contribution is 2.33. The van der Waals surface area contributed by atoms with Gasteiger partial charge in [-0.25, -0.2) is 0 Å². The minimum absolute atomic E-state index is 0.0231. The number of nitrogens with one attached hydrogen (secondary N) is 1. The Morgan fingerprint density at radius 3 is 2.75 bits per heavy atom. The Balaban J connectivity index is 1.89. The van der Waals surface area contributed by atoms with Gasteiger partial charge in [-0.2, -0.15) is 0 Å². The Morgan fingerprint density at radius 1 is 1.29 bits per heavy atom. The number of aliphatic hydroxyl groups excluding tert-OH is 1. The first-order valence-electron chi connectivity index (χ1n) is 7.54. The Hall–Kier alpha value is -2.38. The van der Waals surface area contributed by atoms with E-state index in [0.717, 1.165) is 12.2 Å². The van der Waals surface area contributed by atoms with Crippen molar-refractivity contribution in [2.24, 2.45) is 0 Å². The van der Waals surface area contributed by atoms with Crippen LogP contribution in [0.4, 0.5) is 5.69 Å². The molecule has 7 heteroatoms. The van der Waals surface area contributed by atoms with Gasteiger partial charge in [-0.15, -0.1) is 11.8 Å². The van der Waals surface area contributed by atoms with E-state index in [2.05, 4.69) is 10.5 Å². The van der Waals surface area contributed by atoms with E-state index < -0.39 is 12.0 Å². The number of para-hydroxylation sites is 1. The van der Waals surface area contributed by atoms with Gasteiger partial charge in [0.05, 0.1) is 4.91 Å². The maximum atomic E-state index is 12.6. The molecule has 0 amide bonds. The van der Waals surface area contributed by atoms with E-state index in [1.54, 1.807) is 12.1 Å². The fourth-order valence-electron chi connectivity index (χ4n) is 2.33. The molecule has 3 rings (SSSR count). The monoisotopic (exact) mass is 344 g/mol. The highest BCUT2D eigenvalue weighted by atomic mass is 32.2. The number of ketones is 2. The van der Waals surface area contributed by atoms with Crippen molar-refractivity contribution in [3.8, 4) is 0 Å². The molecule has 0 saturated carbocycles. The number of carbonyl (C=O) groups excluding carboxylic acids is 2. The smallest absolute Gasteiger partial charge is 0.225 e. The van der Waals surface area contributed by atoms with E-state index in [4.69, 9.17) is 4.52 Å². The molecule has 0 radical (unpaired) electrons. The highest BCUT2D eigenvalue weighted by molar-refractivity contribution is 8.04. The fourth-order valence-corrected chi connectivity index (χ4v) is 3.18. The van der Waals surface area contributed by atoms with Crippen LogP contribution < -0.4 is 5.32 Å². The van der Waals surface area contributed by atoms with Crippen LogP contribution in [0.2, 0.25) is 0 Å². The summed E-state index contributed by atoms with van der Waals surface area (Å²) in [7, 11) is 0. The van der Waals surface area contributed by atoms with Crippen molar-refractivity contribution in [2.75, 3.05) is 11.1 Å². The molecular formula is C17H16N2O4S. The number of thioether (sulfide) groups is 1. The molecular weight excluding hydrogens is 328 g/mol. The van der Waals surface area contributed by atoms with Gasteiger partial charge in [-0.3, -0.25) is 9.59 Å². The first-order chi connectivity index (χ1) is 11.6. The van der Waals surface area contributed by atoms with Gasteiger partial charge in [0.15, 0.2) is 6.23 Å². The number of aromatic nitrogens is 1. The Bertz CT molecular complexity index is 798. The van der Waals surface area contributed by atoms with Gasteiger partial charge in [0.1, 0.15) is 11.3 Å². The maximum Gasteiger partial charge on any atom is 0.225 e. The zero-order chi connectivity index (χ0) is 17.1. The molecule has 124 valence electrons. The second-order valence-corrected chi connectivity index (χ2v) is 6.37. The van der Waals surface area contributed by atoms with E-state index in [-0.39, 0.29) is 22.8 Å². The molecule has 2 N–H and O–H groups in total. The first-order valence-corrected chi connectivity index (χ1v) is 8.53. The molecule has 1 atom stereocenters. The van der Waals surface area contributed by atoms with Gasteiger partial charge >= 0.3 is 0 Å². The number of carbonyl (C=O) groups is 2. The van der Waals surface area contributed by atoms with Gasteiger partial charge in [-0.1, -0.05) is 30.3 Å². The zero-order valence-corrected chi connectivity index (χ0v) is 13.8. The molecule has 1 unspecified atom stereocenters. The van der Waals surface area contributed by atoms with Crippen LogP contribution in [0.1, 0.15) is 46.2 Å². The van der Waals surface area contributed by atoms with Crippen LogP contribution in [-0.4, -0.2) is 27.6 Å². The third-order valence-electron chi connectivity index (χ3n) is 3.45. The average Bonchev–Trinajstić information content (AvgIpc) is 3.04. The largest absolute Gasteiger partial charge is 0.368 e. The number of nitrogens with zero attached hydrogens (tertiary/aromatic N) is 1. The molecule has 0 aliphatic heterocycles. The zero-order valence-electron chi connectivity index (χ0n) is 13.0. The fraction of sp³-hybridized carbons (Fsp3) is 0.235. The molecule has 0 fully saturated rings. The number of benzene rings is 1. The van der Waals surface area contributed by atoms with Crippen molar-refractivity contribution in [2.45, 2.75) is 19.6 Å². The SMILES string of the molecule is CCCSC1=CC(=O)c2onc(C(O)Nc3ccccc3)c2C1=O. The quantitative estimate of drug-likeness (QED) is 0.777. The summed E-state index contributed by atoms with van der Waals surface area (Å²) in [4.78, 5) is 25.1. The summed E-state index contributed by atoms with van der Waals surface area (Å²) in [6.45, 7) is 1.99. The molecule has 1 aromatic heterocycles. The summed E-state index contributed by atoms with van der Waals surface area (Å²) in [5, 5.41) is 16.9. The lowest BCUT2D eigenvalue weighted by atomic mass is 9.99. The van der Waals surface area contributed by atoms with Crippen molar-refractivity contribution < 1.29 is 19.2 Å². The normalized spacial score (nSPS) is 15.0. The number of allylic oxidation sites excluding steroid dienone is 2. The van der Waals surface area contributed by atoms with E-state index in [1.165, 1.54) is 17.8 Å². The number of Topliss-reactive ketones (excluding diaryl/α,β-unsaturated/α-hetero) is 1. The third-order valence-corrected chi connectivity index (χ3v) is 4.68. The van der Waals surface area contributed by atoms with E-state index in [1.807, 2.05) is 25.1 Å². The molecule has 1 aliphatic rings. The first kappa shape index (κ1) is 16.5.